The van der Waals surface area contributed by atoms with Gasteiger partial charge in [0, 0.05) is 25.7 Å². The van der Waals surface area contributed by atoms with E-state index < -0.39 is 0 Å². The van der Waals surface area contributed by atoms with Crippen molar-refractivity contribution in [2.24, 2.45) is 0 Å². The van der Waals surface area contributed by atoms with Crippen molar-refractivity contribution in [1.82, 2.24) is 10.2 Å². The minimum atomic E-state index is -0.312. The first kappa shape index (κ1) is 13.6. The number of hydrogen-bond acceptors (Lipinski definition) is 3. The largest absolute Gasteiger partial charge is 0.366 e. The molecular formula is C16H22N2O2. The molecule has 0 spiro atoms. The molecule has 2 fully saturated rings. The van der Waals surface area contributed by atoms with Gasteiger partial charge in [-0.05, 0) is 24.8 Å². The van der Waals surface area contributed by atoms with Gasteiger partial charge in [-0.15, -0.1) is 0 Å². The molecule has 1 aromatic carbocycles. The molecule has 1 atom stereocenters. The van der Waals surface area contributed by atoms with Gasteiger partial charge in [0.25, 0.3) is 5.91 Å². The zero-order valence-electron chi connectivity index (χ0n) is 11.8. The van der Waals surface area contributed by atoms with Crippen LogP contribution in [0, 0.1) is 0 Å². The van der Waals surface area contributed by atoms with E-state index in [0.717, 1.165) is 25.9 Å². The van der Waals surface area contributed by atoms with Crippen LogP contribution in [0.4, 0.5) is 0 Å². The van der Waals surface area contributed by atoms with Crippen molar-refractivity contribution in [1.29, 1.82) is 0 Å². The number of carbonyl (C=O) groups excluding carboxylic acids is 1. The number of hydrogen-bond donors (Lipinski definition) is 1. The summed E-state index contributed by atoms with van der Waals surface area (Å²) in [4.78, 5) is 14.4. The zero-order chi connectivity index (χ0) is 13.8. The molecule has 108 valence electrons. The number of carbonyl (C=O) groups is 1. The molecule has 1 saturated heterocycles. The number of nitrogens with zero attached hydrogens (tertiary/aromatic N) is 1. The van der Waals surface area contributed by atoms with Crippen molar-refractivity contribution in [2.75, 3.05) is 19.7 Å². The van der Waals surface area contributed by atoms with Gasteiger partial charge in [0.2, 0.25) is 0 Å². The average molecular weight is 274 g/mol. The van der Waals surface area contributed by atoms with Gasteiger partial charge < -0.3 is 10.1 Å². The maximum absolute atomic E-state index is 12.1. The van der Waals surface area contributed by atoms with Crippen LogP contribution in [0.25, 0.3) is 0 Å². The van der Waals surface area contributed by atoms with Crippen LogP contribution in [0.1, 0.15) is 24.8 Å². The smallest absolute Gasteiger partial charge is 0.250 e. The molecule has 1 saturated carbocycles. The lowest BCUT2D eigenvalue weighted by atomic mass is 9.93. The van der Waals surface area contributed by atoms with Crippen molar-refractivity contribution in [3.63, 3.8) is 0 Å². The Morgan fingerprint density at radius 3 is 2.80 bits per heavy atom. The fourth-order valence-electron chi connectivity index (χ4n) is 2.69. The molecule has 1 aromatic rings. The topological polar surface area (TPSA) is 41.6 Å². The number of ether oxygens (including phenoxy) is 1. The van der Waals surface area contributed by atoms with Gasteiger partial charge >= 0.3 is 0 Å². The normalized spacial score (nSPS) is 24.1. The molecule has 0 unspecified atom stereocenters. The molecule has 4 heteroatoms. The summed E-state index contributed by atoms with van der Waals surface area (Å²) in [5, 5.41) is 3.08. The molecule has 3 rings (SSSR count). The van der Waals surface area contributed by atoms with E-state index in [-0.39, 0.29) is 12.0 Å². The fraction of sp³-hybridized carbons (Fsp3) is 0.562. The van der Waals surface area contributed by atoms with Crippen LogP contribution in [0.5, 0.6) is 0 Å². The van der Waals surface area contributed by atoms with E-state index in [4.69, 9.17) is 4.74 Å². The number of amides is 1. The summed E-state index contributed by atoms with van der Waals surface area (Å²) < 4.78 is 5.62. The molecular weight excluding hydrogens is 252 g/mol. The van der Waals surface area contributed by atoms with Crippen LogP contribution in [-0.4, -0.2) is 42.6 Å². The van der Waals surface area contributed by atoms with Crippen LogP contribution in [0.3, 0.4) is 0 Å². The minimum absolute atomic E-state index is 0.0625. The average Bonchev–Trinajstić information content (AvgIpc) is 2.44. The fourth-order valence-corrected chi connectivity index (χ4v) is 2.69. The lowest BCUT2D eigenvalue weighted by molar-refractivity contribution is -0.140. The first-order chi connectivity index (χ1) is 9.81. The lowest BCUT2D eigenvalue weighted by Gasteiger charge is -2.34. The Bertz CT molecular complexity index is 445. The number of morpholine rings is 1. The summed E-state index contributed by atoms with van der Waals surface area (Å²) in [6.07, 6.45) is 3.16. The SMILES string of the molecule is O=C(NC1CCC1)[C@@H]1CN(Cc2ccccc2)CCO1. The van der Waals surface area contributed by atoms with Crippen molar-refractivity contribution in [3.05, 3.63) is 35.9 Å². The number of nitrogens with one attached hydrogen (secondary N) is 1. The summed E-state index contributed by atoms with van der Waals surface area (Å²) in [6, 6.07) is 10.8. The summed E-state index contributed by atoms with van der Waals surface area (Å²) in [7, 11) is 0. The highest BCUT2D eigenvalue weighted by atomic mass is 16.5. The predicted molar refractivity (Wildman–Crippen MR) is 77.2 cm³/mol. The summed E-state index contributed by atoms with van der Waals surface area (Å²) in [6.45, 7) is 3.10. The monoisotopic (exact) mass is 274 g/mol. The minimum Gasteiger partial charge on any atom is -0.366 e. The second-order valence-electron chi connectivity index (χ2n) is 5.72. The standard InChI is InChI=1S/C16H22N2O2/c19-16(17-14-7-4-8-14)15-12-18(9-10-20-15)11-13-5-2-1-3-6-13/h1-3,5-6,14-15H,4,7-12H2,(H,17,19)/t15-/m0/s1. The third-order valence-electron chi connectivity index (χ3n) is 4.14. The van der Waals surface area contributed by atoms with Crippen LogP contribution in [0.15, 0.2) is 30.3 Å². The van der Waals surface area contributed by atoms with Crippen LogP contribution in [-0.2, 0) is 16.1 Å². The molecule has 2 aliphatic rings. The van der Waals surface area contributed by atoms with E-state index in [2.05, 4.69) is 34.5 Å². The second-order valence-corrected chi connectivity index (χ2v) is 5.72. The van der Waals surface area contributed by atoms with E-state index >= 15 is 0 Å². The first-order valence-electron chi connectivity index (χ1n) is 7.49. The third-order valence-corrected chi connectivity index (χ3v) is 4.14. The quantitative estimate of drug-likeness (QED) is 0.906. The molecule has 1 heterocycles. The van der Waals surface area contributed by atoms with Gasteiger partial charge in [-0.1, -0.05) is 30.3 Å². The predicted octanol–water partition coefficient (Wildman–Crippen LogP) is 1.56. The van der Waals surface area contributed by atoms with Crippen molar-refractivity contribution >= 4 is 5.91 Å². The summed E-state index contributed by atoms with van der Waals surface area (Å²) in [5.74, 6) is 0.0625. The highest BCUT2D eigenvalue weighted by Crippen LogP contribution is 2.19. The van der Waals surface area contributed by atoms with E-state index in [9.17, 15) is 4.79 Å². The van der Waals surface area contributed by atoms with Crippen molar-refractivity contribution in [2.45, 2.75) is 38.0 Å². The maximum atomic E-state index is 12.1. The van der Waals surface area contributed by atoms with E-state index in [0.29, 0.717) is 19.2 Å². The Hall–Kier alpha value is -1.39. The van der Waals surface area contributed by atoms with E-state index in [1.807, 2.05) is 6.07 Å². The van der Waals surface area contributed by atoms with Crippen molar-refractivity contribution in [3.8, 4) is 0 Å². The first-order valence-corrected chi connectivity index (χ1v) is 7.49. The van der Waals surface area contributed by atoms with Gasteiger partial charge in [0.1, 0.15) is 6.10 Å². The van der Waals surface area contributed by atoms with Gasteiger partial charge in [-0.3, -0.25) is 9.69 Å². The Labute approximate surface area is 120 Å². The second kappa shape index (κ2) is 6.37. The summed E-state index contributed by atoms with van der Waals surface area (Å²) in [5.41, 5.74) is 1.28. The third kappa shape index (κ3) is 3.38. The number of rotatable bonds is 4. The molecule has 1 amide bonds. The van der Waals surface area contributed by atoms with Gasteiger partial charge in [0.15, 0.2) is 0 Å². The van der Waals surface area contributed by atoms with Gasteiger partial charge in [-0.25, -0.2) is 0 Å². The molecule has 4 nitrogen and oxygen atoms in total. The number of benzene rings is 1. The van der Waals surface area contributed by atoms with E-state index in [1.54, 1.807) is 0 Å². The van der Waals surface area contributed by atoms with Crippen molar-refractivity contribution < 1.29 is 9.53 Å². The maximum Gasteiger partial charge on any atom is 0.250 e. The Morgan fingerprint density at radius 2 is 2.10 bits per heavy atom. The molecule has 1 aliphatic heterocycles. The van der Waals surface area contributed by atoms with Crippen LogP contribution in [0.2, 0.25) is 0 Å². The lowest BCUT2D eigenvalue weighted by Crippen LogP contribution is -2.52. The molecule has 1 aliphatic carbocycles. The van der Waals surface area contributed by atoms with Gasteiger partial charge in [0.05, 0.1) is 6.61 Å². The molecule has 0 aromatic heterocycles. The highest BCUT2D eigenvalue weighted by Gasteiger charge is 2.29. The van der Waals surface area contributed by atoms with E-state index in [1.165, 1.54) is 12.0 Å². The summed E-state index contributed by atoms with van der Waals surface area (Å²) >= 11 is 0. The molecule has 1 N–H and O–H groups in total. The highest BCUT2D eigenvalue weighted by molar-refractivity contribution is 5.81. The van der Waals surface area contributed by atoms with Crippen LogP contribution >= 0.6 is 0 Å². The van der Waals surface area contributed by atoms with Crippen LogP contribution < -0.4 is 5.32 Å². The molecule has 0 radical (unpaired) electrons. The Morgan fingerprint density at radius 1 is 1.30 bits per heavy atom. The molecule has 20 heavy (non-hydrogen) atoms. The van der Waals surface area contributed by atoms with Gasteiger partial charge in [-0.2, -0.15) is 0 Å². The Balaban J connectivity index is 1.51. The zero-order valence-corrected chi connectivity index (χ0v) is 11.8. The Kier molecular flexibility index (Phi) is 4.33. The molecule has 0 bridgehead atoms.